The summed E-state index contributed by atoms with van der Waals surface area (Å²) in [7, 11) is 0. The SMILES string of the molecule is CC1(C)c2ccccc2-c2cc(N(c3ccc(-c4ccccc4)cc3)c3ccc4c(c3)C3(c5ccccc5C4)c4ccccc4-c4ccccc43)ccc21. The van der Waals surface area contributed by atoms with Gasteiger partial charge in [-0.25, -0.2) is 0 Å². The van der Waals surface area contributed by atoms with Crippen LogP contribution in [0.1, 0.15) is 58.4 Å². The Morgan fingerprint density at radius 3 is 1.54 bits per heavy atom. The number of anilines is 3. The van der Waals surface area contributed by atoms with E-state index < -0.39 is 5.41 Å². The van der Waals surface area contributed by atoms with Crippen molar-refractivity contribution in [1.29, 1.82) is 0 Å². The lowest BCUT2D eigenvalue weighted by atomic mass is 9.61. The molecule has 1 nitrogen and oxygen atoms in total. The topological polar surface area (TPSA) is 3.24 Å². The Kier molecular flexibility index (Phi) is 6.64. The highest BCUT2D eigenvalue weighted by atomic mass is 15.1. The van der Waals surface area contributed by atoms with E-state index >= 15 is 0 Å². The maximum absolute atomic E-state index is 2.51. The van der Waals surface area contributed by atoms with Gasteiger partial charge in [-0.3, -0.25) is 0 Å². The number of benzene rings is 8. The zero-order valence-electron chi connectivity index (χ0n) is 30.6. The predicted molar refractivity (Wildman–Crippen MR) is 224 cm³/mol. The van der Waals surface area contributed by atoms with Crippen LogP contribution < -0.4 is 4.90 Å². The van der Waals surface area contributed by atoms with Crippen LogP contribution in [-0.4, -0.2) is 0 Å². The van der Waals surface area contributed by atoms with Crippen LogP contribution in [0.5, 0.6) is 0 Å². The first-order chi connectivity index (χ1) is 26.5. The van der Waals surface area contributed by atoms with E-state index in [-0.39, 0.29) is 5.41 Å². The summed E-state index contributed by atoms with van der Waals surface area (Å²) in [5, 5.41) is 0. The summed E-state index contributed by atoms with van der Waals surface area (Å²) in [6, 6.07) is 70.5. The first-order valence-corrected chi connectivity index (χ1v) is 19.1. The van der Waals surface area contributed by atoms with Crippen molar-refractivity contribution in [2.75, 3.05) is 4.90 Å². The van der Waals surface area contributed by atoms with Crippen molar-refractivity contribution >= 4 is 17.1 Å². The lowest BCUT2D eigenvalue weighted by Gasteiger charge is -2.41. The molecule has 256 valence electrons. The summed E-state index contributed by atoms with van der Waals surface area (Å²) >= 11 is 0. The van der Waals surface area contributed by atoms with Gasteiger partial charge in [0.05, 0.1) is 5.41 Å². The monoisotopic (exact) mass is 689 g/mol. The molecule has 0 aromatic heterocycles. The number of nitrogens with zero attached hydrogens (tertiary/aromatic N) is 1. The van der Waals surface area contributed by atoms with Gasteiger partial charge >= 0.3 is 0 Å². The summed E-state index contributed by atoms with van der Waals surface area (Å²) in [5.74, 6) is 0. The molecular weight excluding hydrogens is 651 g/mol. The highest BCUT2D eigenvalue weighted by Gasteiger charge is 2.49. The molecule has 8 aromatic carbocycles. The van der Waals surface area contributed by atoms with Gasteiger partial charge in [-0.2, -0.15) is 0 Å². The van der Waals surface area contributed by atoms with Gasteiger partial charge in [-0.1, -0.05) is 166 Å². The number of hydrogen-bond donors (Lipinski definition) is 0. The molecule has 11 rings (SSSR count). The molecule has 0 atom stereocenters. The fraction of sp³-hybridized carbons (Fsp3) is 0.0943. The predicted octanol–water partition coefficient (Wildman–Crippen LogP) is 13.4. The molecular formula is C53H39N. The molecule has 0 amide bonds. The van der Waals surface area contributed by atoms with Gasteiger partial charge in [-0.05, 0) is 121 Å². The van der Waals surface area contributed by atoms with E-state index in [0.717, 1.165) is 23.5 Å². The van der Waals surface area contributed by atoms with E-state index in [9.17, 15) is 0 Å². The van der Waals surface area contributed by atoms with Crippen molar-refractivity contribution in [2.24, 2.45) is 0 Å². The second-order valence-electron chi connectivity index (χ2n) is 15.7. The average Bonchev–Trinajstić information content (AvgIpc) is 3.64. The van der Waals surface area contributed by atoms with Crippen LogP contribution in [-0.2, 0) is 17.3 Å². The molecule has 0 N–H and O–H groups in total. The van der Waals surface area contributed by atoms with Crippen LogP contribution in [0.25, 0.3) is 33.4 Å². The minimum absolute atomic E-state index is 0.0541. The molecule has 54 heavy (non-hydrogen) atoms. The van der Waals surface area contributed by atoms with Crippen molar-refractivity contribution in [2.45, 2.75) is 31.1 Å². The highest BCUT2D eigenvalue weighted by Crippen LogP contribution is 2.60. The van der Waals surface area contributed by atoms with E-state index in [1.165, 1.54) is 77.9 Å². The van der Waals surface area contributed by atoms with Gasteiger partial charge in [0.25, 0.3) is 0 Å². The van der Waals surface area contributed by atoms with E-state index in [1.807, 2.05) is 0 Å². The number of rotatable bonds is 4. The molecule has 0 radical (unpaired) electrons. The van der Waals surface area contributed by atoms with Gasteiger partial charge < -0.3 is 4.90 Å². The zero-order valence-corrected chi connectivity index (χ0v) is 30.6. The molecule has 0 heterocycles. The van der Waals surface area contributed by atoms with Gasteiger partial charge in [0.15, 0.2) is 0 Å². The largest absolute Gasteiger partial charge is 0.310 e. The normalized spacial score (nSPS) is 14.7. The molecule has 0 unspecified atom stereocenters. The summed E-state index contributed by atoms with van der Waals surface area (Å²) in [5.41, 5.74) is 21.8. The summed E-state index contributed by atoms with van der Waals surface area (Å²) in [6.45, 7) is 4.71. The molecule has 1 spiro atoms. The van der Waals surface area contributed by atoms with Crippen molar-refractivity contribution in [3.8, 4) is 33.4 Å². The van der Waals surface area contributed by atoms with Crippen LogP contribution >= 0.6 is 0 Å². The van der Waals surface area contributed by atoms with Gasteiger partial charge in [0.2, 0.25) is 0 Å². The Labute approximate surface area is 317 Å². The maximum Gasteiger partial charge on any atom is 0.0719 e. The number of fused-ring (bicyclic) bond motifs is 12. The van der Waals surface area contributed by atoms with Crippen molar-refractivity contribution in [1.82, 2.24) is 0 Å². The highest BCUT2D eigenvalue weighted by molar-refractivity contribution is 5.90. The Hall–Kier alpha value is -6.44. The van der Waals surface area contributed by atoms with Crippen molar-refractivity contribution in [3.05, 3.63) is 233 Å². The van der Waals surface area contributed by atoms with E-state index in [1.54, 1.807) is 0 Å². The molecule has 0 saturated carbocycles. The molecule has 0 bridgehead atoms. The molecule has 3 aliphatic carbocycles. The van der Waals surface area contributed by atoms with Crippen LogP contribution in [0, 0.1) is 0 Å². The lowest BCUT2D eigenvalue weighted by Crippen LogP contribution is -2.34. The summed E-state index contributed by atoms with van der Waals surface area (Å²) in [6.07, 6.45) is 0.911. The van der Waals surface area contributed by atoms with Gasteiger partial charge in [-0.15, -0.1) is 0 Å². The minimum Gasteiger partial charge on any atom is -0.310 e. The molecule has 1 heteroatoms. The fourth-order valence-corrected chi connectivity index (χ4v) is 10.1. The van der Waals surface area contributed by atoms with E-state index in [2.05, 4.69) is 207 Å². The Morgan fingerprint density at radius 2 is 0.833 bits per heavy atom. The third kappa shape index (κ3) is 4.27. The molecule has 0 saturated heterocycles. The number of hydrogen-bond acceptors (Lipinski definition) is 1. The Bertz CT molecular complexity index is 2720. The molecule has 0 aliphatic heterocycles. The fourth-order valence-electron chi connectivity index (χ4n) is 10.1. The molecule has 8 aromatic rings. The lowest BCUT2D eigenvalue weighted by molar-refractivity contribution is 0.660. The van der Waals surface area contributed by atoms with E-state index in [4.69, 9.17) is 0 Å². The van der Waals surface area contributed by atoms with Crippen molar-refractivity contribution < 1.29 is 0 Å². The van der Waals surface area contributed by atoms with Crippen LogP contribution in [0.3, 0.4) is 0 Å². The quantitative estimate of drug-likeness (QED) is 0.178. The first kappa shape index (κ1) is 31.1. The third-order valence-corrected chi connectivity index (χ3v) is 12.6. The van der Waals surface area contributed by atoms with Crippen molar-refractivity contribution in [3.63, 3.8) is 0 Å². The second kappa shape index (κ2) is 11.5. The first-order valence-electron chi connectivity index (χ1n) is 19.1. The maximum atomic E-state index is 2.51. The zero-order chi connectivity index (χ0) is 36.0. The van der Waals surface area contributed by atoms with Crippen LogP contribution in [0.4, 0.5) is 17.1 Å². The van der Waals surface area contributed by atoms with Crippen LogP contribution in [0.15, 0.2) is 188 Å². The summed E-state index contributed by atoms with van der Waals surface area (Å²) in [4.78, 5) is 2.48. The Morgan fingerprint density at radius 1 is 0.352 bits per heavy atom. The minimum atomic E-state index is -0.420. The standard InChI is InChI=1S/C53H39N/c1-52(2)47-21-11-7-19-44(47)45-33-40(30-31-48(45)52)54(39-27-24-36(25-28-39)35-14-4-3-5-15-35)41-29-26-38-32-37-16-6-10-20-46(37)53(51(38)34-41)49-22-12-8-17-42(49)43-18-9-13-23-50(43)53/h3-31,33-34H,32H2,1-2H3. The van der Waals surface area contributed by atoms with Gasteiger partial charge in [0, 0.05) is 22.5 Å². The second-order valence-corrected chi connectivity index (χ2v) is 15.7. The summed E-state index contributed by atoms with van der Waals surface area (Å²) < 4.78 is 0. The smallest absolute Gasteiger partial charge is 0.0719 e. The van der Waals surface area contributed by atoms with Gasteiger partial charge in [0.1, 0.15) is 0 Å². The Balaban J connectivity index is 1.16. The van der Waals surface area contributed by atoms with E-state index in [0.29, 0.717) is 0 Å². The molecule has 0 fully saturated rings. The molecule has 3 aliphatic rings. The average molecular weight is 690 g/mol. The third-order valence-electron chi connectivity index (χ3n) is 12.6. The van der Waals surface area contributed by atoms with Crippen LogP contribution in [0.2, 0.25) is 0 Å².